The Balaban J connectivity index is 1.85. The number of rotatable bonds is 6. The maximum absolute atomic E-state index is 12.9. The Morgan fingerprint density at radius 3 is 2.42 bits per heavy atom. The summed E-state index contributed by atoms with van der Waals surface area (Å²) in [6.45, 7) is 2.04. The van der Waals surface area contributed by atoms with E-state index >= 15 is 0 Å². The summed E-state index contributed by atoms with van der Waals surface area (Å²) >= 11 is 3.20. The summed E-state index contributed by atoms with van der Waals surface area (Å²) in [6.07, 6.45) is 4.47. The number of allylic oxidation sites excluding steroid dienone is 1. The first-order chi connectivity index (χ1) is 12.7. The van der Waals surface area contributed by atoms with Crippen LogP contribution in [-0.2, 0) is 4.79 Å². The van der Waals surface area contributed by atoms with Crippen LogP contribution in [0, 0.1) is 0 Å². The van der Waals surface area contributed by atoms with Crippen LogP contribution in [-0.4, -0.2) is 22.6 Å². The highest BCUT2D eigenvalue weighted by Crippen LogP contribution is 2.42. The molecule has 132 valence electrons. The second-order valence-electron chi connectivity index (χ2n) is 5.84. The van der Waals surface area contributed by atoms with Crippen molar-refractivity contribution in [2.75, 3.05) is 5.75 Å². The van der Waals surface area contributed by atoms with E-state index in [4.69, 9.17) is 0 Å². The molecule has 0 saturated heterocycles. The van der Waals surface area contributed by atoms with Crippen molar-refractivity contribution >= 4 is 41.2 Å². The van der Waals surface area contributed by atoms with Crippen LogP contribution in [0.15, 0.2) is 76.5 Å². The molecule has 0 aliphatic carbocycles. The van der Waals surface area contributed by atoms with E-state index in [9.17, 15) is 9.59 Å². The highest BCUT2D eigenvalue weighted by molar-refractivity contribution is 8.22. The largest absolute Gasteiger partial charge is 0.294 e. The van der Waals surface area contributed by atoms with Crippen molar-refractivity contribution in [2.45, 2.75) is 18.6 Å². The lowest BCUT2D eigenvalue weighted by molar-refractivity contribution is -0.115. The van der Waals surface area contributed by atoms with E-state index in [1.54, 1.807) is 35.7 Å². The van der Waals surface area contributed by atoms with Crippen LogP contribution in [0.5, 0.6) is 0 Å². The molecule has 2 aromatic rings. The first kappa shape index (κ1) is 18.7. The lowest BCUT2D eigenvalue weighted by Crippen LogP contribution is -2.22. The minimum Gasteiger partial charge on any atom is -0.294 e. The fourth-order valence-electron chi connectivity index (χ4n) is 2.72. The third-order valence-corrected chi connectivity index (χ3v) is 6.41. The van der Waals surface area contributed by atoms with Crippen molar-refractivity contribution in [3.8, 4) is 0 Å². The number of ketones is 2. The van der Waals surface area contributed by atoms with Crippen molar-refractivity contribution in [3.05, 3.63) is 87.7 Å². The summed E-state index contributed by atoms with van der Waals surface area (Å²) in [4.78, 5) is 25.6. The summed E-state index contributed by atoms with van der Waals surface area (Å²) in [7, 11) is 0. The first-order valence-corrected chi connectivity index (χ1v) is 10.5. The maximum Gasteiger partial charge on any atom is 0.198 e. The molecule has 0 bridgehead atoms. The van der Waals surface area contributed by atoms with Gasteiger partial charge in [-0.1, -0.05) is 79.7 Å². The number of carbonyl (C=O) groups excluding carboxylic acids is 2. The number of carbonyl (C=O) groups is 2. The van der Waals surface area contributed by atoms with Gasteiger partial charge in [-0.2, -0.15) is 0 Å². The van der Waals surface area contributed by atoms with Gasteiger partial charge in [0.1, 0.15) is 0 Å². The zero-order valence-electron chi connectivity index (χ0n) is 14.6. The summed E-state index contributed by atoms with van der Waals surface area (Å²) in [6, 6.07) is 19.1. The zero-order chi connectivity index (χ0) is 18.4. The summed E-state index contributed by atoms with van der Waals surface area (Å²) in [5.74, 6) is 0.608. The molecular weight excluding hydrogens is 360 g/mol. The average molecular weight is 381 g/mol. The average Bonchev–Trinajstić information content (AvgIpc) is 2.67. The quantitative estimate of drug-likeness (QED) is 0.481. The summed E-state index contributed by atoms with van der Waals surface area (Å²) in [5, 5.41) is 0.0593. The third-order valence-electron chi connectivity index (χ3n) is 3.97. The van der Waals surface area contributed by atoms with Crippen LogP contribution in [0.2, 0.25) is 0 Å². The summed E-state index contributed by atoms with van der Waals surface area (Å²) < 4.78 is 0.848. The van der Waals surface area contributed by atoms with Crippen molar-refractivity contribution in [1.29, 1.82) is 0 Å². The van der Waals surface area contributed by atoms with Gasteiger partial charge in [-0.3, -0.25) is 9.59 Å². The second-order valence-corrected chi connectivity index (χ2v) is 8.63. The van der Waals surface area contributed by atoms with Gasteiger partial charge < -0.3 is 0 Å². The number of benzene rings is 2. The van der Waals surface area contributed by atoms with Gasteiger partial charge in [-0.15, -0.1) is 23.5 Å². The monoisotopic (exact) mass is 380 g/mol. The van der Waals surface area contributed by atoms with Gasteiger partial charge in [-0.25, -0.2) is 0 Å². The molecule has 0 N–H and O–H groups in total. The van der Waals surface area contributed by atoms with E-state index in [0.717, 1.165) is 15.6 Å². The molecular formula is C22H20O2S2. The lowest BCUT2D eigenvalue weighted by atomic mass is 9.98. The molecule has 0 saturated carbocycles. The second kappa shape index (κ2) is 9.06. The molecule has 3 rings (SSSR count). The van der Waals surface area contributed by atoms with E-state index in [-0.39, 0.29) is 16.8 Å². The standard InChI is InChI=1S/C22H20O2S2/c1-2-25-22-20(21(24)17-11-7-4-8-12-17)19(23)15-18(26-22)14-13-16-9-5-3-6-10-16/h3-14,18H,2,15H2,1H3/b14-13+/t18-/m0/s1. The van der Waals surface area contributed by atoms with Crippen molar-refractivity contribution in [3.63, 3.8) is 0 Å². The number of thioether (sulfide) groups is 2. The van der Waals surface area contributed by atoms with Crippen molar-refractivity contribution in [1.82, 2.24) is 0 Å². The Labute approximate surface area is 162 Å². The maximum atomic E-state index is 12.9. The first-order valence-electron chi connectivity index (χ1n) is 8.59. The molecule has 26 heavy (non-hydrogen) atoms. The summed E-state index contributed by atoms with van der Waals surface area (Å²) in [5.41, 5.74) is 2.04. The Hall–Kier alpha value is -2.04. The van der Waals surface area contributed by atoms with Gasteiger partial charge in [0.2, 0.25) is 0 Å². The smallest absolute Gasteiger partial charge is 0.198 e. The molecule has 1 aliphatic heterocycles. The normalized spacial score (nSPS) is 17.7. The molecule has 1 heterocycles. The molecule has 0 spiro atoms. The van der Waals surface area contributed by atoms with Gasteiger partial charge >= 0.3 is 0 Å². The van der Waals surface area contributed by atoms with E-state index in [1.807, 2.05) is 61.5 Å². The van der Waals surface area contributed by atoms with Gasteiger partial charge in [0.25, 0.3) is 0 Å². The van der Waals surface area contributed by atoms with E-state index in [2.05, 4.69) is 6.08 Å². The predicted octanol–water partition coefficient (Wildman–Crippen LogP) is 5.62. The van der Waals surface area contributed by atoms with Crippen LogP contribution in [0.4, 0.5) is 0 Å². The van der Waals surface area contributed by atoms with Crippen LogP contribution >= 0.6 is 23.5 Å². The molecule has 0 unspecified atom stereocenters. The Morgan fingerprint density at radius 1 is 1.12 bits per heavy atom. The molecule has 1 atom stereocenters. The van der Waals surface area contributed by atoms with Crippen molar-refractivity contribution < 1.29 is 9.59 Å². The van der Waals surface area contributed by atoms with E-state index < -0.39 is 0 Å². The molecule has 1 aliphatic rings. The Morgan fingerprint density at radius 2 is 1.77 bits per heavy atom. The van der Waals surface area contributed by atoms with Gasteiger partial charge in [0, 0.05) is 17.2 Å². The molecule has 4 heteroatoms. The minimum absolute atomic E-state index is 0.0590. The van der Waals surface area contributed by atoms with E-state index in [1.165, 1.54) is 0 Å². The van der Waals surface area contributed by atoms with Gasteiger partial charge in [-0.05, 0) is 11.3 Å². The molecule has 0 aromatic heterocycles. The fourth-order valence-corrected chi connectivity index (χ4v) is 5.32. The van der Waals surface area contributed by atoms with Crippen LogP contribution < -0.4 is 0 Å². The molecule has 2 nitrogen and oxygen atoms in total. The van der Waals surface area contributed by atoms with E-state index in [0.29, 0.717) is 17.6 Å². The fraction of sp³-hybridized carbons (Fsp3) is 0.182. The minimum atomic E-state index is -0.162. The predicted molar refractivity (Wildman–Crippen MR) is 112 cm³/mol. The topological polar surface area (TPSA) is 34.1 Å². The molecule has 0 amide bonds. The third kappa shape index (κ3) is 4.57. The Kier molecular flexibility index (Phi) is 6.53. The van der Waals surface area contributed by atoms with Crippen molar-refractivity contribution in [2.24, 2.45) is 0 Å². The molecule has 2 aromatic carbocycles. The van der Waals surface area contributed by atoms with Crippen LogP contribution in [0.3, 0.4) is 0 Å². The Bertz CT molecular complexity index is 839. The highest BCUT2D eigenvalue weighted by Gasteiger charge is 2.31. The van der Waals surface area contributed by atoms with Gasteiger partial charge in [0.15, 0.2) is 11.6 Å². The number of hydrogen-bond donors (Lipinski definition) is 0. The molecule has 0 fully saturated rings. The highest BCUT2D eigenvalue weighted by atomic mass is 32.2. The lowest BCUT2D eigenvalue weighted by Gasteiger charge is -2.23. The number of Topliss-reactive ketones (excluding diaryl/α,β-unsaturated/α-hetero) is 2. The van der Waals surface area contributed by atoms with Crippen LogP contribution in [0.25, 0.3) is 6.08 Å². The number of hydrogen-bond acceptors (Lipinski definition) is 4. The van der Waals surface area contributed by atoms with Crippen LogP contribution in [0.1, 0.15) is 29.3 Å². The molecule has 0 radical (unpaired) electrons. The SMILES string of the molecule is CCSC1=C(C(=O)c2ccccc2)C(=O)C[C@H](/C=C/c2ccccc2)S1. The zero-order valence-corrected chi connectivity index (χ0v) is 16.2. The van der Waals surface area contributed by atoms with Gasteiger partial charge in [0.05, 0.1) is 9.81 Å².